The summed E-state index contributed by atoms with van der Waals surface area (Å²) < 4.78 is 31.5. The lowest BCUT2D eigenvalue weighted by Gasteiger charge is -2.32. The Kier molecular flexibility index (Phi) is 3.73. The van der Waals surface area contributed by atoms with E-state index < -0.39 is 24.0 Å². The van der Waals surface area contributed by atoms with Crippen molar-refractivity contribution in [2.75, 3.05) is 0 Å². The molecular weight excluding hydrogens is 298 g/mol. The smallest absolute Gasteiger partial charge is 0.463 e. The zero-order valence-electron chi connectivity index (χ0n) is 13.9. The Morgan fingerprint density at radius 1 is 1.26 bits per heavy atom. The summed E-state index contributed by atoms with van der Waals surface area (Å²) in [7, 11) is -1.03. The third kappa shape index (κ3) is 2.75. The third-order valence-electron chi connectivity index (χ3n) is 4.51. The van der Waals surface area contributed by atoms with Crippen molar-refractivity contribution >= 4 is 13.2 Å². The normalized spacial score (nSPS) is 20.3. The number of hydrogen-bond donors (Lipinski definition) is 1. The number of aromatic nitrogens is 2. The van der Waals surface area contributed by atoms with Crippen LogP contribution in [-0.2, 0) is 9.31 Å². The molecule has 2 aromatic heterocycles. The van der Waals surface area contributed by atoms with Crippen molar-refractivity contribution in [3.05, 3.63) is 35.4 Å². The van der Waals surface area contributed by atoms with Crippen LogP contribution in [0.5, 0.6) is 0 Å². The van der Waals surface area contributed by atoms with Crippen molar-refractivity contribution in [3.8, 4) is 11.5 Å². The molecule has 23 heavy (non-hydrogen) atoms. The minimum absolute atomic E-state index is 0.499. The first-order valence-electron chi connectivity index (χ1n) is 7.53. The fourth-order valence-electron chi connectivity index (χ4n) is 2.38. The average molecular weight is 318 g/mol. The second-order valence-corrected chi connectivity index (χ2v) is 6.71. The highest BCUT2D eigenvalue weighted by Gasteiger charge is 2.53. The fraction of sp³-hybridized carbons (Fsp3) is 0.438. The minimum Gasteiger partial charge on any atom is -0.463 e. The van der Waals surface area contributed by atoms with Gasteiger partial charge in [-0.25, -0.2) is 4.39 Å². The molecule has 1 aliphatic rings. The molecule has 0 unspecified atom stereocenters. The quantitative estimate of drug-likeness (QED) is 0.871. The summed E-state index contributed by atoms with van der Waals surface area (Å²) >= 11 is 0. The Hall–Kier alpha value is -1.86. The number of nitrogens with one attached hydrogen (secondary N) is 1. The van der Waals surface area contributed by atoms with E-state index in [0.29, 0.717) is 17.0 Å². The second kappa shape index (κ2) is 5.35. The van der Waals surface area contributed by atoms with Gasteiger partial charge in [-0.05, 0) is 52.8 Å². The summed E-state index contributed by atoms with van der Waals surface area (Å²) in [6, 6.07) is 3.54. The van der Waals surface area contributed by atoms with E-state index in [4.69, 9.17) is 13.7 Å². The summed E-state index contributed by atoms with van der Waals surface area (Å²) in [5.74, 6) is 0.572. The van der Waals surface area contributed by atoms with Crippen molar-refractivity contribution < 1.29 is 18.1 Å². The Labute approximate surface area is 135 Å². The van der Waals surface area contributed by atoms with Gasteiger partial charge in [0.25, 0.3) is 0 Å². The Morgan fingerprint density at radius 3 is 2.48 bits per heavy atom. The van der Waals surface area contributed by atoms with Gasteiger partial charge in [0.1, 0.15) is 11.4 Å². The van der Waals surface area contributed by atoms with Crippen LogP contribution in [0.15, 0.2) is 28.5 Å². The molecule has 0 radical (unpaired) electrons. The zero-order valence-corrected chi connectivity index (χ0v) is 13.9. The van der Waals surface area contributed by atoms with E-state index in [1.165, 1.54) is 6.08 Å². The molecule has 1 N–H and O–H groups in total. The molecule has 0 amide bonds. The van der Waals surface area contributed by atoms with Gasteiger partial charge in [0.2, 0.25) is 0 Å². The molecule has 0 spiro atoms. The lowest BCUT2D eigenvalue weighted by molar-refractivity contribution is 0.00578. The second-order valence-electron chi connectivity index (χ2n) is 6.71. The molecule has 0 bridgehead atoms. The molecular formula is C16H20BFN2O3. The maximum atomic E-state index is 14.7. The van der Waals surface area contributed by atoms with Crippen LogP contribution < -0.4 is 0 Å². The predicted octanol–water partition coefficient (Wildman–Crippen LogP) is 3.92. The first kappa shape index (κ1) is 16.0. The Balaban J connectivity index is 1.93. The van der Waals surface area contributed by atoms with Gasteiger partial charge in [0, 0.05) is 11.3 Å². The van der Waals surface area contributed by atoms with E-state index >= 15 is 0 Å². The van der Waals surface area contributed by atoms with Gasteiger partial charge in [-0.3, -0.25) is 5.10 Å². The number of aromatic amines is 1. The number of rotatable bonds is 3. The van der Waals surface area contributed by atoms with Crippen LogP contribution in [0.25, 0.3) is 17.5 Å². The van der Waals surface area contributed by atoms with Crippen LogP contribution in [0.4, 0.5) is 4.39 Å². The van der Waals surface area contributed by atoms with Crippen LogP contribution in [0.2, 0.25) is 0 Å². The highest BCUT2D eigenvalue weighted by atomic mass is 19.1. The summed E-state index contributed by atoms with van der Waals surface area (Å²) in [4.78, 5) is 0. The summed E-state index contributed by atoms with van der Waals surface area (Å²) in [6.07, 6.45) is 2.94. The molecule has 0 aliphatic carbocycles. The average Bonchev–Trinajstić information content (AvgIpc) is 3.12. The van der Waals surface area contributed by atoms with Crippen LogP contribution >= 0.6 is 0 Å². The minimum atomic E-state index is -1.03. The van der Waals surface area contributed by atoms with Crippen LogP contribution in [-0.4, -0.2) is 28.5 Å². The van der Waals surface area contributed by atoms with E-state index in [2.05, 4.69) is 10.2 Å². The van der Waals surface area contributed by atoms with E-state index in [0.717, 1.165) is 5.69 Å². The topological polar surface area (TPSA) is 60.3 Å². The molecule has 3 heterocycles. The molecule has 3 rings (SSSR count). The number of nitrogens with zero attached hydrogens (tertiary/aromatic N) is 1. The number of furan rings is 1. The first-order chi connectivity index (χ1) is 10.7. The number of H-pyrrole nitrogens is 1. The molecule has 1 aliphatic heterocycles. The molecule has 0 aromatic carbocycles. The first-order valence-corrected chi connectivity index (χ1v) is 7.53. The van der Waals surface area contributed by atoms with E-state index in [-0.39, 0.29) is 0 Å². The predicted molar refractivity (Wildman–Crippen MR) is 86.2 cm³/mol. The van der Waals surface area contributed by atoms with Crippen molar-refractivity contribution in [3.63, 3.8) is 0 Å². The van der Waals surface area contributed by atoms with Gasteiger partial charge >= 0.3 is 7.12 Å². The Morgan fingerprint density at radius 2 is 1.91 bits per heavy atom. The third-order valence-corrected chi connectivity index (χ3v) is 4.51. The molecule has 7 heteroatoms. The van der Waals surface area contributed by atoms with Crippen LogP contribution in [0.3, 0.4) is 0 Å². The van der Waals surface area contributed by atoms with Crippen molar-refractivity contribution in [2.45, 2.75) is 45.8 Å². The maximum absolute atomic E-state index is 14.7. The van der Waals surface area contributed by atoms with E-state index in [1.807, 2.05) is 34.6 Å². The van der Waals surface area contributed by atoms with Gasteiger partial charge in [-0.1, -0.05) is 0 Å². The van der Waals surface area contributed by atoms with Gasteiger partial charge < -0.3 is 13.7 Å². The van der Waals surface area contributed by atoms with E-state index in [9.17, 15) is 4.39 Å². The summed E-state index contributed by atoms with van der Waals surface area (Å²) in [6.45, 7) is 9.37. The molecule has 122 valence electrons. The molecule has 2 aromatic rings. The van der Waals surface area contributed by atoms with Crippen LogP contribution in [0, 0.1) is 6.92 Å². The number of aryl methyl sites for hydroxylation is 1. The lowest BCUT2D eigenvalue weighted by atomic mass is 9.86. The van der Waals surface area contributed by atoms with Crippen LogP contribution in [0.1, 0.15) is 39.0 Å². The lowest BCUT2D eigenvalue weighted by Crippen LogP contribution is -2.41. The van der Waals surface area contributed by atoms with Crippen molar-refractivity contribution in [2.24, 2.45) is 0 Å². The Bertz CT molecular complexity index is 719. The molecule has 5 nitrogen and oxygen atoms in total. The largest absolute Gasteiger partial charge is 0.525 e. The highest BCUT2D eigenvalue weighted by molar-refractivity contribution is 6.54. The van der Waals surface area contributed by atoms with Gasteiger partial charge in [-0.15, -0.1) is 0 Å². The molecule has 0 atom stereocenters. The van der Waals surface area contributed by atoms with Crippen molar-refractivity contribution in [1.82, 2.24) is 10.2 Å². The maximum Gasteiger partial charge on any atom is 0.525 e. The molecule has 1 saturated heterocycles. The number of halogens is 1. The fourth-order valence-corrected chi connectivity index (χ4v) is 2.38. The van der Waals surface area contributed by atoms with Gasteiger partial charge in [0.15, 0.2) is 5.76 Å². The molecule has 0 saturated carbocycles. The molecule has 1 fully saturated rings. The van der Waals surface area contributed by atoms with E-state index in [1.54, 1.807) is 18.4 Å². The van der Waals surface area contributed by atoms with Gasteiger partial charge in [-0.2, -0.15) is 5.10 Å². The standard InChI is InChI=1S/C16H20BFN2O3/c1-10-11(14(20-19-10)12-7-6-8-21-12)9-13(18)17-22-15(2,3)16(4,5)23-17/h6-9H,1-5H3,(H,19,20). The summed E-state index contributed by atoms with van der Waals surface area (Å²) in [5, 5.41) is 7.03. The SMILES string of the molecule is Cc1[nH]nc(-c2ccco2)c1C=C(F)B1OC(C)(C)C(C)(C)O1. The number of hydrogen-bond acceptors (Lipinski definition) is 4. The van der Waals surface area contributed by atoms with Gasteiger partial charge in [0.05, 0.1) is 17.5 Å². The van der Waals surface area contributed by atoms with Crippen molar-refractivity contribution in [1.29, 1.82) is 0 Å². The summed E-state index contributed by atoms with van der Waals surface area (Å²) in [5.41, 5.74) is 0.242. The highest BCUT2D eigenvalue weighted by Crippen LogP contribution is 2.39. The zero-order chi connectivity index (χ0) is 16.8. The monoisotopic (exact) mass is 318 g/mol.